The largest absolute Gasteiger partial charge is 0.448 e. The average molecular weight is 678 g/mol. The molecule has 12 nitrogen and oxygen atoms in total. The number of hydrogen-bond donors (Lipinski definition) is 1. The summed E-state index contributed by atoms with van der Waals surface area (Å²) in [5.74, 6) is -2.99. The van der Waals surface area contributed by atoms with Crippen molar-refractivity contribution in [3.63, 3.8) is 0 Å². The van der Waals surface area contributed by atoms with Crippen LogP contribution < -0.4 is 10.2 Å². The highest BCUT2D eigenvalue weighted by atomic mass is 16.8. The number of nitrogens with one attached hydrogen (secondary N) is 1. The van der Waals surface area contributed by atoms with Gasteiger partial charge < -0.3 is 19.5 Å². The molecule has 4 aromatic rings. The molecule has 1 unspecified atom stereocenters. The van der Waals surface area contributed by atoms with E-state index in [1.807, 2.05) is 42.5 Å². The number of cyclic esters (lactones) is 1. The van der Waals surface area contributed by atoms with Gasteiger partial charge in [0.2, 0.25) is 5.91 Å². The molecule has 0 saturated carbocycles. The number of hydroxylamine groups is 2. The minimum Gasteiger partial charge on any atom is -0.448 e. The van der Waals surface area contributed by atoms with Gasteiger partial charge in [-0.15, -0.1) is 0 Å². The number of rotatable bonds is 11. The summed E-state index contributed by atoms with van der Waals surface area (Å²) in [6.45, 7) is 1.00. The molecule has 12 heteroatoms. The van der Waals surface area contributed by atoms with Crippen LogP contribution in [-0.4, -0.2) is 53.3 Å². The molecule has 6 rings (SSSR count). The van der Waals surface area contributed by atoms with Crippen molar-refractivity contribution < 1.29 is 43.0 Å². The first-order chi connectivity index (χ1) is 24.3. The highest BCUT2D eigenvalue weighted by molar-refractivity contribution is 6.02. The number of carbonyl (C=O) groups is 5. The van der Waals surface area contributed by atoms with Crippen molar-refractivity contribution in [1.29, 1.82) is 0 Å². The number of esters is 2. The summed E-state index contributed by atoms with van der Waals surface area (Å²) in [5, 5.41) is 3.42. The summed E-state index contributed by atoms with van der Waals surface area (Å²) in [6.07, 6.45) is -1.94. The van der Waals surface area contributed by atoms with Gasteiger partial charge in [-0.2, -0.15) is 5.06 Å². The Bertz CT molecular complexity index is 1820. The van der Waals surface area contributed by atoms with E-state index in [2.05, 4.69) is 5.32 Å². The highest BCUT2D eigenvalue weighted by Gasteiger charge is 2.61. The van der Waals surface area contributed by atoms with E-state index in [1.165, 1.54) is 11.8 Å². The number of ether oxygens (including phenoxy) is 3. The van der Waals surface area contributed by atoms with Gasteiger partial charge in [-0.05, 0) is 28.3 Å². The van der Waals surface area contributed by atoms with Gasteiger partial charge in [0.25, 0.3) is 5.91 Å². The normalized spacial score (nSPS) is 18.4. The van der Waals surface area contributed by atoms with Gasteiger partial charge in [0.1, 0.15) is 19.3 Å². The van der Waals surface area contributed by atoms with Crippen LogP contribution in [0.25, 0.3) is 0 Å². The molecular weight excluding hydrogens is 642 g/mol. The van der Waals surface area contributed by atoms with Crippen LogP contribution in [0.1, 0.15) is 48.1 Å². The Morgan fingerprint density at radius 3 is 2.08 bits per heavy atom. The summed E-state index contributed by atoms with van der Waals surface area (Å²) in [7, 11) is 0. The van der Waals surface area contributed by atoms with Crippen LogP contribution in [0.5, 0.6) is 0 Å². The van der Waals surface area contributed by atoms with Gasteiger partial charge in [0.15, 0.2) is 6.10 Å². The van der Waals surface area contributed by atoms with Crippen LogP contribution in [0.15, 0.2) is 115 Å². The van der Waals surface area contributed by atoms with Crippen molar-refractivity contribution in [2.24, 2.45) is 0 Å². The van der Waals surface area contributed by atoms with Gasteiger partial charge in [0, 0.05) is 25.6 Å². The molecule has 1 N–H and O–H groups in total. The van der Waals surface area contributed by atoms with E-state index in [-0.39, 0.29) is 32.6 Å². The molecule has 3 amide bonds. The van der Waals surface area contributed by atoms with Crippen molar-refractivity contribution >= 4 is 35.5 Å². The number of benzene rings is 4. The molecule has 0 aromatic heterocycles. The maximum atomic E-state index is 14.2. The fourth-order valence-corrected chi connectivity index (χ4v) is 5.99. The number of nitrogens with zero attached hydrogens (tertiary/aromatic N) is 2. The highest BCUT2D eigenvalue weighted by Crippen LogP contribution is 2.39. The second-order valence-electron chi connectivity index (χ2n) is 11.7. The molecule has 2 aliphatic rings. The fourth-order valence-electron chi connectivity index (χ4n) is 5.99. The van der Waals surface area contributed by atoms with E-state index in [1.54, 1.807) is 72.8 Å². The number of para-hydroxylation sites is 1. The zero-order valence-corrected chi connectivity index (χ0v) is 27.2. The Morgan fingerprint density at radius 2 is 1.48 bits per heavy atom. The summed E-state index contributed by atoms with van der Waals surface area (Å²) >= 11 is 0. The smallest absolute Gasteiger partial charge is 0.407 e. The van der Waals surface area contributed by atoms with E-state index in [9.17, 15) is 24.0 Å². The first kappa shape index (κ1) is 33.9. The second kappa shape index (κ2) is 15.0. The van der Waals surface area contributed by atoms with Crippen molar-refractivity contribution in [1.82, 2.24) is 10.4 Å². The maximum absolute atomic E-state index is 14.2. The van der Waals surface area contributed by atoms with Crippen LogP contribution in [0.2, 0.25) is 0 Å². The Hall–Kier alpha value is -6.01. The molecule has 50 heavy (non-hydrogen) atoms. The van der Waals surface area contributed by atoms with Crippen molar-refractivity contribution in [2.75, 3.05) is 11.5 Å². The quantitative estimate of drug-likeness (QED) is 0.172. The third kappa shape index (κ3) is 7.20. The number of alkyl carbamates (subject to hydrolysis) is 1. The lowest BCUT2D eigenvalue weighted by molar-refractivity contribution is -0.260. The Labute approximate surface area is 288 Å². The zero-order chi connectivity index (χ0) is 35.1. The molecule has 2 heterocycles. The lowest BCUT2D eigenvalue weighted by atomic mass is 10.0. The summed E-state index contributed by atoms with van der Waals surface area (Å²) in [6, 6.07) is 32.8. The number of carbonyl (C=O) groups excluding carboxylic acids is 5. The molecule has 0 radical (unpaired) electrons. The number of hydrogen-bond acceptors (Lipinski definition) is 9. The Balaban J connectivity index is 1.22. The SMILES string of the molecule is CC(=O)N(c1ccccc1CNC(=O)OCc1ccccc1)[C@H]1CON(C2(C(=O)OC(c3ccccc3)c3ccccc3)CCC(=O)O2)C1=O. The van der Waals surface area contributed by atoms with Crippen LogP contribution in [0, 0.1) is 0 Å². The van der Waals surface area contributed by atoms with E-state index in [4.69, 9.17) is 19.0 Å². The molecule has 256 valence electrons. The van der Waals surface area contributed by atoms with E-state index in [0.29, 0.717) is 22.4 Å². The molecule has 2 aliphatic heterocycles. The third-order valence-corrected chi connectivity index (χ3v) is 8.41. The van der Waals surface area contributed by atoms with Crippen LogP contribution in [0.4, 0.5) is 10.5 Å². The average Bonchev–Trinajstić information content (AvgIpc) is 3.73. The number of amides is 3. The zero-order valence-electron chi connectivity index (χ0n) is 27.2. The van der Waals surface area contributed by atoms with Crippen molar-refractivity contribution in [2.45, 2.75) is 50.8 Å². The first-order valence-electron chi connectivity index (χ1n) is 16.1. The van der Waals surface area contributed by atoms with Crippen LogP contribution in [-0.2, 0) is 51.4 Å². The van der Waals surface area contributed by atoms with Gasteiger partial charge in [0.05, 0.1) is 6.42 Å². The predicted octanol–water partition coefficient (Wildman–Crippen LogP) is 4.97. The molecule has 2 fully saturated rings. The summed E-state index contributed by atoms with van der Waals surface area (Å²) in [4.78, 5) is 73.6. The fraction of sp³-hybridized carbons (Fsp3) is 0.237. The lowest BCUT2D eigenvalue weighted by Gasteiger charge is -2.34. The van der Waals surface area contributed by atoms with Crippen molar-refractivity contribution in [3.05, 3.63) is 138 Å². The monoisotopic (exact) mass is 677 g/mol. The minimum absolute atomic E-state index is 0.0205. The molecule has 2 atom stereocenters. The van der Waals surface area contributed by atoms with Crippen molar-refractivity contribution in [3.8, 4) is 0 Å². The molecule has 2 saturated heterocycles. The van der Waals surface area contributed by atoms with Crippen LogP contribution >= 0.6 is 0 Å². The predicted molar refractivity (Wildman–Crippen MR) is 179 cm³/mol. The summed E-state index contributed by atoms with van der Waals surface area (Å²) < 4.78 is 16.9. The first-order valence-corrected chi connectivity index (χ1v) is 16.1. The van der Waals surface area contributed by atoms with Gasteiger partial charge in [-0.1, -0.05) is 109 Å². The topological polar surface area (TPSA) is 141 Å². The van der Waals surface area contributed by atoms with Crippen LogP contribution in [0.3, 0.4) is 0 Å². The maximum Gasteiger partial charge on any atom is 0.407 e. The second-order valence-corrected chi connectivity index (χ2v) is 11.7. The minimum atomic E-state index is -2.23. The van der Waals surface area contributed by atoms with E-state index >= 15 is 0 Å². The third-order valence-electron chi connectivity index (χ3n) is 8.41. The van der Waals surface area contributed by atoms with Gasteiger partial charge in [-0.25, -0.2) is 9.59 Å². The van der Waals surface area contributed by atoms with E-state index in [0.717, 1.165) is 10.6 Å². The standard InChI is InChI=1S/C38H35N3O9/c1-26(42)40(31-20-12-11-19-30(31)23-39-37(46)47-24-27-13-5-2-6-14-27)32-25-48-41(35(32)44)38(22-21-33(43)50-38)36(45)49-34(28-15-7-3-8-16-28)29-17-9-4-10-18-29/h2-20,32,34H,21-25H2,1H3,(H,39,46)/t32-,38?/m0/s1. The molecule has 0 aliphatic carbocycles. The molecule has 0 spiro atoms. The van der Waals surface area contributed by atoms with Gasteiger partial charge >= 0.3 is 23.8 Å². The molecule has 0 bridgehead atoms. The molecular formula is C38H35N3O9. The molecule has 4 aromatic carbocycles. The Morgan fingerprint density at radius 1 is 0.880 bits per heavy atom. The van der Waals surface area contributed by atoms with Gasteiger partial charge in [-0.3, -0.25) is 24.1 Å². The summed E-state index contributed by atoms with van der Waals surface area (Å²) in [5.41, 5.74) is 0.767. The number of anilines is 1. The van der Waals surface area contributed by atoms with E-state index < -0.39 is 47.7 Å². The Kier molecular flexibility index (Phi) is 10.2. The lowest BCUT2D eigenvalue weighted by Crippen LogP contribution is -2.58.